The van der Waals surface area contributed by atoms with E-state index < -0.39 is 0 Å². The highest BCUT2D eigenvalue weighted by atomic mass is 19.1. The Balaban J connectivity index is 1.44. The third-order valence-corrected chi connectivity index (χ3v) is 5.87. The Hall–Kier alpha value is -2.25. The number of rotatable bonds is 5. The molecule has 1 amide bonds. The molecule has 0 radical (unpaired) electrons. The third kappa shape index (κ3) is 4.36. The second kappa shape index (κ2) is 8.63. The molecule has 0 unspecified atom stereocenters. The van der Waals surface area contributed by atoms with Crippen LogP contribution in [0.3, 0.4) is 0 Å². The average Bonchev–Trinajstić information content (AvgIpc) is 3.18. The molecule has 2 aliphatic heterocycles. The Morgan fingerprint density at radius 3 is 2.86 bits per heavy atom. The van der Waals surface area contributed by atoms with Gasteiger partial charge in [-0.15, -0.1) is 0 Å². The standard InChI is InChI=1S/C22H29FN4O2/c1-15(2)21-20(12-25-27(21)17-8-6-16(23)7-9-17)22(28)24-11-19-13-26-10-4-3-5-18(26)14-29-19/h6-9,12,15,18-19H,3-5,10-11,13-14H2,1-2H3,(H,24,28)/t18-,19-/m0/s1. The summed E-state index contributed by atoms with van der Waals surface area (Å²) in [5, 5.41) is 7.43. The molecule has 2 aromatic rings. The smallest absolute Gasteiger partial charge is 0.254 e. The molecule has 2 saturated heterocycles. The summed E-state index contributed by atoms with van der Waals surface area (Å²) in [5.41, 5.74) is 2.10. The lowest BCUT2D eigenvalue weighted by Gasteiger charge is -2.42. The van der Waals surface area contributed by atoms with Gasteiger partial charge in [0.05, 0.1) is 35.9 Å². The number of hydrogen-bond donors (Lipinski definition) is 1. The first-order valence-corrected chi connectivity index (χ1v) is 10.5. The van der Waals surface area contributed by atoms with E-state index in [1.165, 1.54) is 31.4 Å². The Kier molecular flexibility index (Phi) is 5.96. The number of halogens is 1. The summed E-state index contributed by atoms with van der Waals surface area (Å²) in [4.78, 5) is 15.4. The fourth-order valence-corrected chi connectivity index (χ4v) is 4.35. The van der Waals surface area contributed by atoms with E-state index in [4.69, 9.17) is 4.74 Å². The number of amides is 1. The van der Waals surface area contributed by atoms with Crippen LogP contribution in [0.15, 0.2) is 30.5 Å². The van der Waals surface area contributed by atoms with Crippen LogP contribution in [0.4, 0.5) is 4.39 Å². The van der Waals surface area contributed by atoms with Gasteiger partial charge in [-0.3, -0.25) is 9.69 Å². The van der Waals surface area contributed by atoms with E-state index in [1.807, 2.05) is 13.8 Å². The summed E-state index contributed by atoms with van der Waals surface area (Å²) in [6.45, 7) is 7.28. The van der Waals surface area contributed by atoms with Gasteiger partial charge >= 0.3 is 0 Å². The predicted octanol–water partition coefficient (Wildman–Crippen LogP) is 3.12. The van der Waals surface area contributed by atoms with Crippen molar-refractivity contribution in [2.45, 2.75) is 51.2 Å². The lowest BCUT2D eigenvalue weighted by atomic mass is 10.0. The SMILES string of the molecule is CC(C)c1c(C(=O)NC[C@H]2CN3CCCC[C@H]3CO2)cnn1-c1ccc(F)cc1. The number of nitrogens with one attached hydrogen (secondary N) is 1. The van der Waals surface area contributed by atoms with E-state index in [9.17, 15) is 9.18 Å². The van der Waals surface area contributed by atoms with Crippen molar-refractivity contribution < 1.29 is 13.9 Å². The minimum absolute atomic E-state index is 0.0166. The summed E-state index contributed by atoms with van der Waals surface area (Å²) in [6, 6.07) is 6.67. The van der Waals surface area contributed by atoms with Crippen molar-refractivity contribution in [2.24, 2.45) is 0 Å². The van der Waals surface area contributed by atoms with Crippen LogP contribution < -0.4 is 5.32 Å². The predicted molar refractivity (Wildman–Crippen MR) is 109 cm³/mol. The molecule has 1 N–H and O–H groups in total. The van der Waals surface area contributed by atoms with E-state index >= 15 is 0 Å². The number of hydrogen-bond acceptors (Lipinski definition) is 4. The molecule has 3 heterocycles. The van der Waals surface area contributed by atoms with Gasteiger partial charge in [-0.1, -0.05) is 20.3 Å². The van der Waals surface area contributed by atoms with Gasteiger partial charge in [0.15, 0.2) is 0 Å². The van der Waals surface area contributed by atoms with Gasteiger partial charge in [-0.2, -0.15) is 5.10 Å². The van der Waals surface area contributed by atoms with Gasteiger partial charge in [0, 0.05) is 19.1 Å². The number of aromatic nitrogens is 2. The number of nitrogens with zero attached hydrogens (tertiary/aromatic N) is 3. The lowest BCUT2D eigenvalue weighted by molar-refractivity contribution is -0.0725. The Morgan fingerprint density at radius 2 is 2.10 bits per heavy atom. The van der Waals surface area contributed by atoms with Crippen molar-refractivity contribution in [3.63, 3.8) is 0 Å². The first-order chi connectivity index (χ1) is 14.0. The average molecular weight is 400 g/mol. The topological polar surface area (TPSA) is 59.4 Å². The van der Waals surface area contributed by atoms with Crippen LogP contribution >= 0.6 is 0 Å². The van der Waals surface area contributed by atoms with Crippen molar-refractivity contribution in [3.05, 3.63) is 47.5 Å². The molecule has 0 bridgehead atoms. The quantitative estimate of drug-likeness (QED) is 0.838. The van der Waals surface area contributed by atoms with Gasteiger partial charge in [0.2, 0.25) is 0 Å². The molecular weight excluding hydrogens is 371 g/mol. The molecular formula is C22H29FN4O2. The summed E-state index contributed by atoms with van der Waals surface area (Å²) in [7, 11) is 0. The molecule has 156 valence electrons. The summed E-state index contributed by atoms with van der Waals surface area (Å²) in [6.07, 6.45) is 5.34. The molecule has 7 heteroatoms. The highest BCUT2D eigenvalue weighted by molar-refractivity contribution is 5.95. The number of ether oxygens (including phenoxy) is 1. The maximum atomic E-state index is 13.3. The Labute approximate surface area is 171 Å². The van der Waals surface area contributed by atoms with Gasteiger partial charge in [-0.05, 0) is 49.6 Å². The third-order valence-electron chi connectivity index (χ3n) is 5.87. The number of carbonyl (C=O) groups excluding carboxylic acids is 1. The van der Waals surface area contributed by atoms with E-state index in [-0.39, 0.29) is 23.7 Å². The maximum absolute atomic E-state index is 13.3. The zero-order valence-electron chi connectivity index (χ0n) is 17.1. The number of carbonyl (C=O) groups is 1. The molecule has 4 rings (SSSR count). The highest BCUT2D eigenvalue weighted by Crippen LogP contribution is 2.24. The van der Waals surface area contributed by atoms with Crippen LogP contribution in [0.1, 0.15) is 55.1 Å². The summed E-state index contributed by atoms with van der Waals surface area (Å²) < 4.78 is 21.0. The van der Waals surface area contributed by atoms with Crippen molar-refractivity contribution >= 4 is 5.91 Å². The van der Waals surface area contributed by atoms with Crippen LogP contribution in [0.25, 0.3) is 5.69 Å². The Morgan fingerprint density at radius 1 is 1.31 bits per heavy atom. The van der Waals surface area contributed by atoms with Gasteiger partial charge in [0.25, 0.3) is 5.91 Å². The van der Waals surface area contributed by atoms with Crippen molar-refractivity contribution in [1.29, 1.82) is 0 Å². The fourth-order valence-electron chi connectivity index (χ4n) is 4.35. The van der Waals surface area contributed by atoms with Crippen molar-refractivity contribution in [1.82, 2.24) is 20.0 Å². The highest BCUT2D eigenvalue weighted by Gasteiger charge is 2.31. The zero-order chi connectivity index (χ0) is 20.4. The molecule has 29 heavy (non-hydrogen) atoms. The largest absolute Gasteiger partial charge is 0.373 e. The first kappa shape index (κ1) is 20.0. The first-order valence-electron chi connectivity index (χ1n) is 10.5. The molecule has 0 spiro atoms. The van der Waals surface area contributed by atoms with Crippen LogP contribution in [0.5, 0.6) is 0 Å². The minimum Gasteiger partial charge on any atom is -0.373 e. The van der Waals surface area contributed by atoms with Gasteiger partial charge < -0.3 is 10.1 Å². The molecule has 1 aromatic heterocycles. The van der Waals surface area contributed by atoms with E-state index in [1.54, 1.807) is 23.0 Å². The number of benzene rings is 1. The molecule has 1 aromatic carbocycles. The molecule has 6 nitrogen and oxygen atoms in total. The molecule has 2 fully saturated rings. The van der Waals surface area contributed by atoms with Crippen molar-refractivity contribution in [2.75, 3.05) is 26.2 Å². The van der Waals surface area contributed by atoms with E-state index in [2.05, 4.69) is 15.3 Å². The van der Waals surface area contributed by atoms with Crippen LogP contribution in [0.2, 0.25) is 0 Å². The van der Waals surface area contributed by atoms with E-state index in [0.29, 0.717) is 18.2 Å². The fraction of sp³-hybridized carbons (Fsp3) is 0.545. The molecule has 2 aliphatic rings. The Bertz CT molecular complexity index is 849. The molecule has 0 aliphatic carbocycles. The van der Waals surface area contributed by atoms with Crippen LogP contribution in [-0.2, 0) is 4.74 Å². The summed E-state index contributed by atoms with van der Waals surface area (Å²) >= 11 is 0. The van der Waals surface area contributed by atoms with Crippen LogP contribution in [-0.4, -0.2) is 59.0 Å². The van der Waals surface area contributed by atoms with Crippen molar-refractivity contribution in [3.8, 4) is 5.69 Å². The van der Waals surface area contributed by atoms with Gasteiger partial charge in [0.1, 0.15) is 5.82 Å². The summed E-state index contributed by atoms with van der Waals surface area (Å²) in [5.74, 6) is -0.358. The zero-order valence-corrected chi connectivity index (χ0v) is 17.1. The molecule has 0 saturated carbocycles. The normalized spacial score (nSPS) is 22.5. The number of piperidine rings is 1. The second-order valence-electron chi connectivity index (χ2n) is 8.30. The maximum Gasteiger partial charge on any atom is 0.254 e. The van der Waals surface area contributed by atoms with Gasteiger partial charge in [-0.25, -0.2) is 9.07 Å². The van der Waals surface area contributed by atoms with E-state index in [0.717, 1.165) is 31.1 Å². The second-order valence-corrected chi connectivity index (χ2v) is 8.30. The number of fused-ring (bicyclic) bond motifs is 1. The minimum atomic E-state index is -0.298. The molecule has 2 atom stereocenters. The lowest BCUT2D eigenvalue weighted by Crippen LogP contribution is -2.54. The monoisotopic (exact) mass is 400 g/mol. The van der Waals surface area contributed by atoms with Crippen LogP contribution in [0, 0.1) is 5.82 Å². The number of morpholine rings is 1.